The largest absolute Gasteiger partial charge is 0.507 e. The van der Waals surface area contributed by atoms with Crippen LogP contribution in [-0.4, -0.2) is 23.5 Å². The zero-order valence-electron chi connectivity index (χ0n) is 9.28. The number of hydrogen-bond acceptors (Lipinski definition) is 3. The summed E-state index contributed by atoms with van der Waals surface area (Å²) in [4.78, 5) is 21.5. The highest BCUT2D eigenvalue weighted by Gasteiger charge is 2.06. The van der Waals surface area contributed by atoms with E-state index < -0.39 is 5.91 Å². The lowest BCUT2D eigenvalue weighted by Gasteiger charge is -2.00. The van der Waals surface area contributed by atoms with Crippen LogP contribution in [0.5, 0.6) is 5.75 Å². The number of hydrogen-bond donors (Lipinski definition) is 3. The van der Waals surface area contributed by atoms with Crippen LogP contribution in [0, 0.1) is 11.8 Å². The van der Waals surface area contributed by atoms with Crippen molar-refractivity contribution in [3.63, 3.8) is 0 Å². The predicted molar refractivity (Wildman–Crippen MR) is 62.2 cm³/mol. The van der Waals surface area contributed by atoms with Crippen molar-refractivity contribution in [2.45, 2.75) is 6.92 Å². The van der Waals surface area contributed by atoms with E-state index in [4.69, 9.17) is 5.73 Å². The van der Waals surface area contributed by atoms with Gasteiger partial charge in [-0.05, 0) is 18.2 Å². The normalized spacial score (nSPS) is 9.00. The fraction of sp³-hybridized carbons (Fsp3) is 0.167. The van der Waals surface area contributed by atoms with Gasteiger partial charge in [-0.2, -0.15) is 0 Å². The first-order chi connectivity index (χ1) is 8.00. The number of carbonyl (C=O) groups excluding carboxylic acids is 2. The Kier molecular flexibility index (Phi) is 4.12. The molecule has 0 fully saturated rings. The highest BCUT2D eigenvalue weighted by Crippen LogP contribution is 2.17. The van der Waals surface area contributed by atoms with Crippen molar-refractivity contribution >= 4 is 11.8 Å². The van der Waals surface area contributed by atoms with Crippen LogP contribution in [0.2, 0.25) is 0 Å². The molecule has 0 atom stereocenters. The third kappa shape index (κ3) is 3.87. The van der Waals surface area contributed by atoms with E-state index in [0.29, 0.717) is 5.56 Å². The van der Waals surface area contributed by atoms with E-state index in [2.05, 4.69) is 17.2 Å². The third-order valence-corrected chi connectivity index (χ3v) is 1.92. The quantitative estimate of drug-likeness (QED) is 0.625. The summed E-state index contributed by atoms with van der Waals surface area (Å²) in [6.07, 6.45) is 0. The van der Waals surface area contributed by atoms with Crippen molar-refractivity contribution in [3.05, 3.63) is 29.3 Å². The van der Waals surface area contributed by atoms with E-state index in [0.717, 1.165) is 0 Å². The summed E-state index contributed by atoms with van der Waals surface area (Å²) in [6, 6.07) is 4.31. The van der Waals surface area contributed by atoms with Crippen LogP contribution in [0.4, 0.5) is 0 Å². The minimum absolute atomic E-state index is 0.0244. The summed E-state index contributed by atoms with van der Waals surface area (Å²) in [7, 11) is 0. The molecule has 0 aromatic heterocycles. The monoisotopic (exact) mass is 232 g/mol. The molecule has 0 spiro atoms. The average molecular weight is 232 g/mol. The van der Waals surface area contributed by atoms with Crippen molar-refractivity contribution in [2.24, 2.45) is 5.73 Å². The molecule has 5 heteroatoms. The topological polar surface area (TPSA) is 92.4 Å². The van der Waals surface area contributed by atoms with Gasteiger partial charge in [0.15, 0.2) is 0 Å². The summed E-state index contributed by atoms with van der Waals surface area (Å²) in [5, 5.41) is 11.9. The Labute approximate surface area is 98.6 Å². The first-order valence-electron chi connectivity index (χ1n) is 4.87. The Morgan fingerprint density at radius 3 is 2.76 bits per heavy atom. The van der Waals surface area contributed by atoms with Gasteiger partial charge in [0.05, 0.1) is 12.1 Å². The van der Waals surface area contributed by atoms with E-state index >= 15 is 0 Å². The smallest absolute Gasteiger partial charge is 0.252 e. The lowest BCUT2D eigenvalue weighted by atomic mass is 10.1. The molecule has 0 radical (unpaired) electrons. The maximum Gasteiger partial charge on any atom is 0.252 e. The fourth-order valence-electron chi connectivity index (χ4n) is 1.13. The molecule has 0 aliphatic rings. The van der Waals surface area contributed by atoms with E-state index in [-0.39, 0.29) is 23.8 Å². The van der Waals surface area contributed by atoms with Crippen LogP contribution in [0.3, 0.4) is 0 Å². The summed E-state index contributed by atoms with van der Waals surface area (Å²) in [6.45, 7) is 1.62. The van der Waals surface area contributed by atoms with Crippen molar-refractivity contribution < 1.29 is 14.7 Å². The van der Waals surface area contributed by atoms with E-state index in [9.17, 15) is 14.7 Å². The molecule has 4 N–H and O–H groups in total. The molecule has 0 saturated carbocycles. The van der Waals surface area contributed by atoms with E-state index in [1.807, 2.05) is 0 Å². The lowest BCUT2D eigenvalue weighted by Crippen LogP contribution is -2.19. The second-order valence-electron chi connectivity index (χ2n) is 3.31. The summed E-state index contributed by atoms with van der Waals surface area (Å²) < 4.78 is 0. The molecule has 1 aromatic carbocycles. The van der Waals surface area contributed by atoms with Gasteiger partial charge in [-0.15, -0.1) is 0 Å². The number of aromatic hydroxyl groups is 1. The molecule has 17 heavy (non-hydrogen) atoms. The number of carbonyl (C=O) groups is 2. The molecular weight excluding hydrogens is 220 g/mol. The molecule has 88 valence electrons. The van der Waals surface area contributed by atoms with Gasteiger partial charge in [-0.3, -0.25) is 9.59 Å². The van der Waals surface area contributed by atoms with Gasteiger partial charge in [0.2, 0.25) is 5.91 Å². The Hall–Kier alpha value is -2.48. The van der Waals surface area contributed by atoms with Crippen LogP contribution in [-0.2, 0) is 4.79 Å². The molecule has 1 rings (SSSR count). The molecule has 2 amide bonds. The number of nitrogens with one attached hydrogen (secondary N) is 1. The van der Waals surface area contributed by atoms with Crippen LogP contribution >= 0.6 is 0 Å². The number of benzene rings is 1. The number of amides is 2. The SMILES string of the molecule is CC(=O)NCC#Cc1ccc(O)c(C(N)=O)c1. The third-order valence-electron chi connectivity index (χ3n) is 1.92. The second-order valence-corrected chi connectivity index (χ2v) is 3.31. The van der Waals surface area contributed by atoms with E-state index in [1.165, 1.54) is 19.1 Å². The Balaban J connectivity index is 2.82. The maximum absolute atomic E-state index is 11.0. The minimum Gasteiger partial charge on any atom is -0.507 e. The molecule has 0 unspecified atom stereocenters. The first-order valence-corrected chi connectivity index (χ1v) is 4.87. The van der Waals surface area contributed by atoms with Crippen LogP contribution in [0.1, 0.15) is 22.8 Å². The highest BCUT2D eigenvalue weighted by atomic mass is 16.3. The summed E-state index contributed by atoms with van der Waals surface area (Å²) >= 11 is 0. The number of primary amides is 1. The second kappa shape index (κ2) is 5.56. The summed E-state index contributed by atoms with van der Waals surface area (Å²) in [5.41, 5.74) is 5.64. The molecule has 0 heterocycles. The van der Waals surface area contributed by atoms with Gasteiger partial charge >= 0.3 is 0 Å². The number of nitrogens with two attached hydrogens (primary N) is 1. The highest BCUT2D eigenvalue weighted by molar-refractivity contribution is 5.95. The van der Waals surface area contributed by atoms with Crippen molar-refractivity contribution in [1.29, 1.82) is 0 Å². The van der Waals surface area contributed by atoms with Gasteiger partial charge < -0.3 is 16.2 Å². The first kappa shape index (κ1) is 12.6. The molecule has 0 bridgehead atoms. The Morgan fingerprint density at radius 1 is 1.47 bits per heavy atom. The standard InChI is InChI=1S/C12H12N2O3/c1-8(15)14-6-2-3-9-4-5-11(16)10(7-9)12(13)17/h4-5,7,16H,6H2,1H3,(H2,13,17)(H,14,15). The molecule has 5 nitrogen and oxygen atoms in total. The van der Waals surface area contributed by atoms with Crippen LogP contribution < -0.4 is 11.1 Å². The van der Waals surface area contributed by atoms with Crippen molar-refractivity contribution in [3.8, 4) is 17.6 Å². The molecule has 0 aliphatic carbocycles. The molecular formula is C12H12N2O3. The fourth-order valence-corrected chi connectivity index (χ4v) is 1.13. The van der Waals surface area contributed by atoms with Crippen molar-refractivity contribution in [1.82, 2.24) is 5.32 Å². The zero-order chi connectivity index (χ0) is 12.8. The van der Waals surface area contributed by atoms with E-state index in [1.54, 1.807) is 6.07 Å². The van der Waals surface area contributed by atoms with Gasteiger partial charge in [0, 0.05) is 12.5 Å². The minimum atomic E-state index is -0.715. The predicted octanol–water partition coefficient (Wildman–Crippen LogP) is -0.0213. The van der Waals surface area contributed by atoms with Crippen molar-refractivity contribution in [2.75, 3.05) is 6.54 Å². The Morgan fingerprint density at radius 2 is 2.18 bits per heavy atom. The van der Waals surface area contributed by atoms with Gasteiger partial charge in [-0.25, -0.2) is 0 Å². The van der Waals surface area contributed by atoms with Crippen LogP contribution in [0.15, 0.2) is 18.2 Å². The van der Waals surface area contributed by atoms with Gasteiger partial charge in [0.1, 0.15) is 5.75 Å². The molecule has 0 aliphatic heterocycles. The number of phenols is 1. The summed E-state index contributed by atoms with van der Waals surface area (Å²) in [5.74, 6) is 4.39. The maximum atomic E-state index is 11.0. The van der Waals surface area contributed by atoms with Crippen LogP contribution in [0.25, 0.3) is 0 Å². The van der Waals surface area contributed by atoms with Gasteiger partial charge in [0.25, 0.3) is 5.91 Å². The lowest BCUT2D eigenvalue weighted by molar-refractivity contribution is -0.118. The van der Waals surface area contributed by atoms with Gasteiger partial charge in [-0.1, -0.05) is 11.8 Å². The zero-order valence-corrected chi connectivity index (χ0v) is 9.28. The number of rotatable bonds is 2. The molecule has 0 saturated heterocycles. The Bertz CT molecular complexity index is 512. The molecule has 1 aromatic rings. The average Bonchev–Trinajstić information content (AvgIpc) is 2.25.